The molecule has 0 spiro atoms. The fourth-order valence-electron chi connectivity index (χ4n) is 6.42. The molecule has 48 heavy (non-hydrogen) atoms. The van der Waals surface area contributed by atoms with Gasteiger partial charge in [0.1, 0.15) is 5.82 Å². The summed E-state index contributed by atoms with van der Waals surface area (Å²) in [6, 6.07) is 42.1. The van der Waals surface area contributed by atoms with Crippen LogP contribution in [0.25, 0.3) is 50.0 Å². The van der Waals surface area contributed by atoms with Crippen molar-refractivity contribution < 1.29 is 30.4 Å². The maximum absolute atomic E-state index is 6.49. The summed E-state index contributed by atoms with van der Waals surface area (Å²) in [5.41, 5.74) is 7.00. The van der Waals surface area contributed by atoms with Crippen LogP contribution in [0.15, 0.2) is 128 Å². The Hall–Kier alpha value is -5.39. The summed E-state index contributed by atoms with van der Waals surface area (Å²) in [6.07, 6.45) is 11.5. The number of aromatic nitrogens is 6. The van der Waals surface area contributed by atoms with Gasteiger partial charge < -0.3 is 18.3 Å². The third-order valence-corrected chi connectivity index (χ3v) is 8.73. The summed E-state index contributed by atoms with van der Waals surface area (Å²) in [4.78, 5) is 4.80. The van der Waals surface area contributed by atoms with E-state index in [1.807, 2.05) is 64.0 Å². The van der Waals surface area contributed by atoms with Gasteiger partial charge in [-0.05, 0) is 58.8 Å². The number of hydrogen-bond acceptors (Lipinski definition) is 2. The van der Waals surface area contributed by atoms with Crippen molar-refractivity contribution in [1.29, 1.82) is 0 Å². The van der Waals surface area contributed by atoms with E-state index in [2.05, 4.69) is 126 Å². The van der Waals surface area contributed by atoms with Crippen molar-refractivity contribution in [2.75, 3.05) is 0 Å². The summed E-state index contributed by atoms with van der Waals surface area (Å²) in [5, 5.41) is 2.23. The fraction of sp³-hybridized carbons (Fsp3) is 0.100. The van der Waals surface area contributed by atoms with Crippen LogP contribution in [0.1, 0.15) is 26.3 Å². The number of para-hydroxylation sites is 1. The quantitative estimate of drug-likeness (QED) is 0.133. The summed E-state index contributed by atoms with van der Waals surface area (Å²) in [6.45, 7) is 6.65. The largest absolute Gasteiger partial charge is 0.510 e. The molecule has 0 N–H and O–H groups in total. The standard InChI is InChI=1S/C40H30N6O.Pt/c1-40(2,3)28-19-20-41-38(24-28)46-34-13-5-4-12-32(34)33-18-17-31(26-37(33)46)47-30-11-6-10-29(25-30)43-27-42-21-7-14-35(42)36-15-8-22-44(36)45-23-9-16-39(43)45;/h4-24H,1-3H3;/q-2;. The van der Waals surface area contributed by atoms with E-state index in [1.165, 1.54) is 5.56 Å². The van der Waals surface area contributed by atoms with Crippen LogP contribution >= 0.6 is 0 Å². The Morgan fingerprint density at radius 1 is 0.688 bits per heavy atom. The Morgan fingerprint density at radius 3 is 2.35 bits per heavy atom. The third-order valence-electron chi connectivity index (χ3n) is 8.73. The van der Waals surface area contributed by atoms with Gasteiger partial charge in [0.25, 0.3) is 0 Å². The molecule has 0 aliphatic carbocycles. The van der Waals surface area contributed by atoms with Crippen molar-refractivity contribution in [1.82, 2.24) is 23.0 Å². The normalized spacial score (nSPS) is 11.9. The van der Waals surface area contributed by atoms with E-state index in [0.29, 0.717) is 11.5 Å². The minimum atomic E-state index is -0.00856. The monoisotopic (exact) mass is 805 g/mol. The van der Waals surface area contributed by atoms with Crippen LogP contribution in [-0.2, 0) is 26.5 Å². The molecule has 0 saturated carbocycles. The molecule has 0 unspecified atom stereocenters. The van der Waals surface area contributed by atoms with Gasteiger partial charge in [-0.2, -0.15) is 22.7 Å². The van der Waals surface area contributed by atoms with Gasteiger partial charge in [0, 0.05) is 56.7 Å². The molecule has 0 amide bonds. The molecule has 9 aromatic rings. The van der Waals surface area contributed by atoms with Crippen LogP contribution in [0.5, 0.6) is 11.5 Å². The second-order valence-corrected chi connectivity index (χ2v) is 12.7. The first-order valence-corrected chi connectivity index (χ1v) is 15.6. The van der Waals surface area contributed by atoms with Gasteiger partial charge in [0.2, 0.25) is 0 Å². The second-order valence-electron chi connectivity index (χ2n) is 12.7. The Labute approximate surface area is 291 Å². The van der Waals surface area contributed by atoms with Crippen LogP contribution in [0.2, 0.25) is 0 Å². The van der Waals surface area contributed by atoms with Crippen LogP contribution in [0.3, 0.4) is 0 Å². The number of pyridine rings is 1. The molecule has 0 radical (unpaired) electrons. The maximum Gasteiger partial charge on any atom is 0.197 e. The zero-order valence-corrected chi connectivity index (χ0v) is 28.8. The number of nitrogens with zero attached hydrogens (tertiary/aromatic N) is 6. The molecule has 6 heterocycles. The number of rotatable bonds is 4. The van der Waals surface area contributed by atoms with Gasteiger partial charge in [-0.25, -0.2) is 9.50 Å². The van der Waals surface area contributed by atoms with E-state index in [4.69, 9.17) is 9.72 Å². The van der Waals surface area contributed by atoms with Gasteiger partial charge in [-0.15, -0.1) is 29.7 Å². The van der Waals surface area contributed by atoms with Crippen molar-refractivity contribution in [2.24, 2.45) is 0 Å². The van der Waals surface area contributed by atoms with E-state index in [0.717, 1.165) is 50.0 Å². The van der Waals surface area contributed by atoms with Crippen molar-refractivity contribution in [3.8, 4) is 23.0 Å². The van der Waals surface area contributed by atoms with Crippen LogP contribution in [0.4, 0.5) is 0 Å². The molecule has 9 rings (SSSR count). The van der Waals surface area contributed by atoms with Gasteiger partial charge in [0.15, 0.2) is 12.0 Å². The summed E-state index contributed by atoms with van der Waals surface area (Å²) < 4.78 is 16.9. The summed E-state index contributed by atoms with van der Waals surface area (Å²) in [5.74, 6) is 2.02. The molecular formula is C40H30N6OPt-2. The molecule has 6 aromatic heterocycles. The van der Waals surface area contributed by atoms with Crippen molar-refractivity contribution in [3.63, 3.8) is 0 Å². The van der Waals surface area contributed by atoms with Crippen molar-refractivity contribution in [3.05, 3.63) is 152 Å². The average molecular weight is 806 g/mol. The minimum absolute atomic E-state index is 0. The van der Waals surface area contributed by atoms with E-state index >= 15 is 0 Å². The Kier molecular flexibility index (Phi) is 7.11. The van der Waals surface area contributed by atoms with Gasteiger partial charge in [-0.3, -0.25) is 0 Å². The van der Waals surface area contributed by atoms with Crippen LogP contribution in [-0.4, -0.2) is 23.0 Å². The molecule has 0 saturated heterocycles. The van der Waals surface area contributed by atoms with E-state index in [-0.39, 0.29) is 26.5 Å². The zero-order chi connectivity index (χ0) is 31.7. The number of hydrogen-bond donors (Lipinski definition) is 0. The molecule has 0 fully saturated rings. The number of ether oxygens (including phenoxy) is 1. The molecule has 0 bridgehead atoms. The maximum atomic E-state index is 6.49. The summed E-state index contributed by atoms with van der Waals surface area (Å²) >= 11 is 0. The van der Waals surface area contributed by atoms with Crippen LogP contribution < -0.4 is 9.30 Å². The van der Waals surface area contributed by atoms with E-state index in [1.54, 1.807) is 0 Å². The van der Waals surface area contributed by atoms with Crippen LogP contribution in [0, 0.1) is 18.5 Å². The first-order valence-electron chi connectivity index (χ1n) is 15.6. The Morgan fingerprint density at radius 2 is 1.46 bits per heavy atom. The van der Waals surface area contributed by atoms with Gasteiger partial charge >= 0.3 is 0 Å². The predicted molar refractivity (Wildman–Crippen MR) is 184 cm³/mol. The first-order chi connectivity index (χ1) is 22.9. The molecular weight excluding hydrogens is 776 g/mol. The van der Waals surface area contributed by atoms with E-state index in [9.17, 15) is 0 Å². The second kappa shape index (κ2) is 11.4. The first kappa shape index (κ1) is 30.0. The fourth-order valence-corrected chi connectivity index (χ4v) is 6.42. The Bertz CT molecular complexity index is 2670. The summed E-state index contributed by atoms with van der Waals surface area (Å²) in [7, 11) is 0. The topological polar surface area (TPSA) is 44.2 Å². The molecule has 238 valence electrons. The molecule has 3 aromatic carbocycles. The van der Waals surface area contributed by atoms with Crippen molar-refractivity contribution >= 4 is 38.5 Å². The molecule has 7 nitrogen and oxygen atoms in total. The number of fused-ring (bicyclic) bond motifs is 8. The SMILES string of the molecule is CC(C)(C)c1ccnc(-n2c3[c-]c(Oc4[c-]c(-[n+]5[c-]n6cccc6c6cccn6n6cccc65)ccc4)ccc3c3ccccc32)c1.[Pt]. The Balaban J connectivity index is 0.00000336. The minimum Gasteiger partial charge on any atom is -0.510 e. The molecule has 0 atom stereocenters. The third kappa shape index (κ3) is 4.85. The average Bonchev–Trinajstić information content (AvgIpc) is 3.88. The smallest absolute Gasteiger partial charge is 0.197 e. The zero-order valence-electron chi connectivity index (χ0n) is 26.5. The predicted octanol–water partition coefficient (Wildman–Crippen LogP) is 8.26. The molecule has 8 heteroatoms. The number of benzene rings is 3. The molecule has 0 aliphatic rings. The van der Waals surface area contributed by atoms with Gasteiger partial charge in [-0.1, -0.05) is 62.3 Å². The molecule has 0 aliphatic heterocycles. The van der Waals surface area contributed by atoms with E-state index < -0.39 is 0 Å². The van der Waals surface area contributed by atoms with Gasteiger partial charge in [0.05, 0.1) is 17.2 Å². The van der Waals surface area contributed by atoms with Crippen molar-refractivity contribution in [2.45, 2.75) is 26.2 Å².